The summed E-state index contributed by atoms with van der Waals surface area (Å²) in [6.45, 7) is 4.72. The fraction of sp³-hybridized carbons (Fsp3) is 0.367. The molecule has 0 bridgehead atoms. The second kappa shape index (κ2) is 14.0. The number of hydrogen-bond acceptors (Lipinski definition) is 9. The van der Waals surface area contributed by atoms with Gasteiger partial charge < -0.3 is 24.2 Å². The van der Waals surface area contributed by atoms with Crippen LogP contribution in [0.5, 0.6) is 5.75 Å². The zero-order chi connectivity index (χ0) is 29.5. The van der Waals surface area contributed by atoms with Gasteiger partial charge in [0.2, 0.25) is 0 Å². The average molecular weight is 597 g/mol. The Morgan fingerprint density at radius 3 is 2.67 bits per heavy atom. The highest BCUT2D eigenvalue weighted by Crippen LogP contribution is 2.39. The summed E-state index contributed by atoms with van der Waals surface area (Å²) in [5.74, 6) is 1.94. The van der Waals surface area contributed by atoms with Crippen LogP contribution in [-0.4, -0.2) is 71.9 Å². The van der Waals surface area contributed by atoms with E-state index in [2.05, 4.69) is 26.8 Å². The smallest absolute Gasteiger partial charge is 0.163 e. The number of nitrogens with zero attached hydrogens (tertiary/aromatic N) is 4. The van der Waals surface area contributed by atoms with Crippen LogP contribution in [0.3, 0.4) is 0 Å². The highest BCUT2D eigenvalue weighted by atomic mass is 32.2. The number of halogens is 2. The molecule has 0 unspecified atom stereocenters. The molecule has 2 aromatic carbocycles. The third kappa shape index (κ3) is 6.66. The largest absolute Gasteiger partial charge is 0.593 e. The van der Waals surface area contributed by atoms with Crippen LogP contribution in [0.4, 0.5) is 26.1 Å². The Bertz CT molecular complexity index is 1510. The van der Waals surface area contributed by atoms with Crippen molar-refractivity contribution >= 4 is 39.6 Å². The van der Waals surface area contributed by atoms with E-state index in [0.29, 0.717) is 65.7 Å². The molecule has 9 nitrogen and oxygen atoms in total. The first kappa shape index (κ1) is 29.7. The number of hydrogen-bond donors (Lipinski definition) is 2. The molecule has 2 N–H and O–H groups in total. The van der Waals surface area contributed by atoms with E-state index in [9.17, 15) is 8.94 Å². The molecule has 0 aliphatic carbocycles. The van der Waals surface area contributed by atoms with Crippen molar-refractivity contribution in [2.45, 2.75) is 19.8 Å². The van der Waals surface area contributed by atoms with Gasteiger partial charge in [0, 0.05) is 48.8 Å². The SMILES string of the molecule is CCCNc1ccc(-c2nc(N3CCOCC3)c3cc(-c4cccc(N[S@+]([O-])CCCF)c4F)cc(OC)c3n2)cn1. The standard InChI is InChI=1S/C30H34F2N6O3S/c1-3-11-33-26-9-8-20(19-34-26)29-35-28-23(30(36-29)38-12-14-41-15-13-38)17-21(18-25(28)40-2)22-6-4-7-24(27(22)32)37-42(39)16-5-10-31/h4,6-9,17-19,37H,3,5,10-16H2,1-2H3,(H,33,34)/t42-/m1/s1. The maximum Gasteiger partial charge on any atom is 0.163 e. The molecule has 1 aliphatic rings. The van der Waals surface area contributed by atoms with Gasteiger partial charge in [-0.25, -0.2) is 24.1 Å². The first-order valence-corrected chi connectivity index (χ1v) is 15.3. The highest BCUT2D eigenvalue weighted by molar-refractivity contribution is 7.92. The second-order valence-corrected chi connectivity index (χ2v) is 11.1. The first-order chi connectivity index (χ1) is 20.5. The van der Waals surface area contributed by atoms with Crippen molar-refractivity contribution in [3.63, 3.8) is 0 Å². The normalized spacial score (nSPS) is 14.2. The molecular formula is C30H34F2N6O3S. The van der Waals surface area contributed by atoms with Crippen molar-refractivity contribution in [2.24, 2.45) is 0 Å². The molecule has 4 aromatic rings. The fourth-order valence-corrected chi connectivity index (χ4v) is 5.59. The molecule has 2 aromatic heterocycles. The summed E-state index contributed by atoms with van der Waals surface area (Å²) in [6, 6.07) is 12.3. The van der Waals surface area contributed by atoms with Crippen LogP contribution < -0.4 is 19.7 Å². The van der Waals surface area contributed by atoms with Crippen molar-refractivity contribution in [1.82, 2.24) is 15.0 Å². The van der Waals surface area contributed by atoms with Crippen LogP contribution in [0, 0.1) is 5.82 Å². The summed E-state index contributed by atoms with van der Waals surface area (Å²) >= 11 is -1.61. The number of aromatic nitrogens is 3. The zero-order valence-electron chi connectivity index (χ0n) is 23.7. The summed E-state index contributed by atoms with van der Waals surface area (Å²) in [5, 5.41) is 3.97. The lowest BCUT2D eigenvalue weighted by molar-refractivity contribution is 0.122. The van der Waals surface area contributed by atoms with E-state index in [4.69, 9.17) is 19.4 Å². The van der Waals surface area contributed by atoms with E-state index in [0.717, 1.165) is 24.3 Å². The summed E-state index contributed by atoms with van der Waals surface area (Å²) in [6.07, 6.45) is 2.87. The van der Waals surface area contributed by atoms with Crippen molar-refractivity contribution in [3.05, 3.63) is 54.5 Å². The number of fused-ring (bicyclic) bond motifs is 1. The van der Waals surface area contributed by atoms with E-state index in [1.165, 1.54) is 6.07 Å². The van der Waals surface area contributed by atoms with Crippen LogP contribution >= 0.6 is 0 Å². The second-order valence-electron chi connectivity index (χ2n) is 9.77. The molecule has 3 heterocycles. The lowest BCUT2D eigenvalue weighted by Gasteiger charge is -2.29. The Labute approximate surface area is 247 Å². The molecule has 12 heteroatoms. The number of ether oxygens (including phenoxy) is 2. The highest BCUT2D eigenvalue weighted by Gasteiger charge is 2.23. The Hall–Kier alpha value is -3.74. The molecule has 0 amide bonds. The number of pyridine rings is 1. The number of methoxy groups -OCH3 is 1. The minimum Gasteiger partial charge on any atom is -0.593 e. The van der Waals surface area contributed by atoms with Gasteiger partial charge in [-0.05, 0) is 42.3 Å². The molecule has 0 spiro atoms. The van der Waals surface area contributed by atoms with E-state index in [1.54, 1.807) is 31.5 Å². The summed E-state index contributed by atoms with van der Waals surface area (Å²) < 4.78 is 54.6. The zero-order valence-corrected chi connectivity index (χ0v) is 24.5. The molecule has 1 saturated heterocycles. The van der Waals surface area contributed by atoms with Crippen LogP contribution in [0.15, 0.2) is 48.7 Å². The number of alkyl halides is 1. The maximum absolute atomic E-state index is 15.7. The van der Waals surface area contributed by atoms with Gasteiger partial charge in [0.15, 0.2) is 11.6 Å². The summed E-state index contributed by atoms with van der Waals surface area (Å²) in [5.41, 5.74) is 2.26. The van der Waals surface area contributed by atoms with Gasteiger partial charge in [0.1, 0.15) is 34.3 Å². The molecule has 5 rings (SSSR count). The topological polar surface area (TPSA) is 107 Å². The van der Waals surface area contributed by atoms with E-state index >= 15 is 4.39 Å². The van der Waals surface area contributed by atoms with E-state index < -0.39 is 23.9 Å². The van der Waals surface area contributed by atoms with Crippen molar-refractivity contribution < 1.29 is 22.8 Å². The van der Waals surface area contributed by atoms with Crippen LogP contribution in [-0.2, 0) is 16.1 Å². The Morgan fingerprint density at radius 2 is 1.95 bits per heavy atom. The Balaban J connectivity index is 1.60. The predicted molar refractivity (Wildman–Crippen MR) is 164 cm³/mol. The van der Waals surface area contributed by atoms with Crippen LogP contribution in [0.25, 0.3) is 33.4 Å². The molecule has 1 aliphatic heterocycles. The van der Waals surface area contributed by atoms with Crippen molar-refractivity contribution in [3.8, 4) is 28.3 Å². The quantitative estimate of drug-likeness (QED) is 0.202. The first-order valence-electron chi connectivity index (χ1n) is 13.9. The van der Waals surface area contributed by atoms with Gasteiger partial charge in [-0.2, -0.15) is 0 Å². The maximum atomic E-state index is 15.7. The monoisotopic (exact) mass is 596 g/mol. The van der Waals surface area contributed by atoms with Gasteiger partial charge in [-0.15, -0.1) is 0 Å². The van der Waals surface area contributed by atoms with Crippen LogP contribution in [0.1, 0.15) is 19.8 Å². The van der Waals surface area contributed by atoms with Gasteiger partial charge >= 0.3 is 0 Å². The molecule has 0 saturated carbocycles. The lowest BCUT2D eigenvalue weighted by atomic mass is 10.0. The molecule has 1 atom stereocenters. The number of morpholine rings is 1. The van der Waals surface area contributed by atoms with Gasteiger partial charge in [0.25, 0.3) is 0 Å². The summed E-state index contributed by atoms with van der Waals surface area (Å²) in [7, 11) is 1.55. The number of benzene rings is 2. The van der Waals surface area contributed by atoms with Crippen molar-refractivity contribution in [1.29, 1.82) is 0 Å². The van der Waals surface area contributed by atoms with E-state index in [-0.39, 0.29) is 17.9 Å². The molecule has 1 fully saturated rings. The molecular weight excluding hydrogens is 562 g/mol. The predicted octanol–water partition coefficient (Wildman–Crippen LogP) is 5.60. The molecule has 222 valence electrons. The third-order valence-corrected chi connectivity index (χ3v) is 7.96. The molecule has 42 heavy (non-hydrogen) atoms. The third-order valence-electron chi connectivity index (χ3n) is 6.85. The summed E-state index contributed by atoms with van der Waals surface area (Å²) in [4.78, 5) is 16.5. The Kier molecular flexibility index (Phi) is 9.88. The molecule has 0 radical (unpaired) electrons. The van der Waals surface area contributed by atoms with Gasteiger partial charge in [0.05, 0.1) is 38.4 Å². The fourth-order valence-electron chi connectivity index (χ4n) is 4.72. The number of rotatable bonds is 12. The van der Waals surface area contributed by atoms with Gasteiger partial charge in [-0.1, -0.05) is 19.1 Å². The Morgan fingerprint density at radius 1 is 1.12 bits per heavy atom. The minimum atomic E-state index is -1.61. The van der Waals surface area contributed by atoms with E-state index in [1.807, 2.05) is 18.2 Å². The van der Waals surface area contributed by atoms with Gasteiger partial charge in [-0.3, -0.25) is 4.39 Å². The van der Waals surface area contributed by atoms with Crippen molar-refractivity contribution in [2.75, 3.05) is 67.3 Å². The average Bonchev–Trinajstić information content (AvgIpc) is 3.03. The van der Waals surface area contributed by atoms with Crippen LogP contribution in [0.2, 0.25) is 0 Å². The lowest BCUT2D eigenvalue weighted by Crippen LogP contribution is -2.37. The minimum absolute atomic E-state index is 0.0770. The number of nitrogens with one attached hydrogen (secondary N) is 2. The number of anilines is 3.